The zero-order valence-electron chi connectivity index (χ0n) is 28.5. The molecule has 8 aromatic rings. The predicted octanol–water partition coefficient (Wildman–Crippen LogP) is 12.1. The van der Waals surface area contributed by atoms with Crippen LogP contribution in [0.15, 0.2) is 121 Å². The van der Waals surface area contributed by atoms with E-state index in [1.54, 1.807) is 0 Å². The minimum atomic E-state index is 0.219. The second-order valence-corrected chi connectivity index (χ2v) is 15.3. The topological polar surface area (TPSA) is 30.7 Å². The van der Waals surface area contributed by atoms with Crippen LogP contribution in [0, 0.1) is 23.7 Å². The van der Waals surface area contributed by atoms with Crippen molar-refractivity contribution in [3.63, 3.8) is 0 Å². The molecule has 0 N–H and O–H groups in total. The van der Waals surface area contributed by atoms with E-state index in [9.17, 15) is 0 Å². The number of aromatic nitrogens is 3. The first-order valence-corrected chi connectivity index (χ1v) is 18.2. The Labute approximate surface area is 287 Å². The molecule has 2 saturated carbocycles. The average Bonchev–Trinajstić information content (AvgIpc) is 3.53. The van der Waals surface area contributed by atoms with E-state index in [1.807, 2.05) is 0 Å². The Morgan fingerprint density at radius 3 is 1.98 bits per heavy atom. The maximum absolute atomic E-state index is 5.54. The number of rotatable bonds is 3. The first kappa shape index (κ1) is 28.9. The summed E-state index contributed by atoms with van der Waals surface area (Å²) in [5.41, 5.74) is 7.14. The van der Waals surface area contributed by atoms with Gasteiger partial charge in [0.1, 0.15) is 0 Å². The maximum atomic E-state index is 5.54. The van der Waals surface area contributed by atoms with Gasteiger partial charge in [-0.15, -0.1) is 0 Å². The molecule has 2 unspecified atom stereocenters. The Bertz CT molecular complexity index is 2500. The van der Waals surface area contributed by atoms with Gasteiger partial charge in [-0.3, -0.25) is 4.57 Å². The van der Waals surface area contributed by atoms with Gasteiger partial charge in [0.05, 0.1) is 22.2 Å². The first-order valence-electron chi connectivity index (χ1n) is 18.2. The van der Waals surface area contributed by atoms with E-state index in [1.165, 1.54) is 69.1 Å². The number of benzene rings is 6. The summed E-state index contributed by atoms with van der Waals surface area (Å²) in [6, 6.07) is 44.5. The number of hydrogen-bond donors (Lipinski definition) is 0. The zero-order chi connectivity index (χ0) is 32.9. The molecule has 49 heavy (non-hydrogen) atoms. The molecule has 10 rings (SSSR count). The van der Waals surface area contributed by atoms with Gasteiger partial charge in [0, 0.05) is 21.7 Å². The van der Waals surface area contributed by atoms with Gasteiger partial charge in [-0.25, -0.2) is 9.97 Å². The molecule has 2 fully saturated rings. The maximum Gasteiger partial charge on any atom is 0.235 e. The summed E-state index contributed by atoms with van der Waals surface area (Å²) in [6.45, 7) is 7.52. The van der Waals surface area contributed by atoms with E-state index < -0.39 is 0 Å². The third-order valence-corrected chi connectivity index (χ3v) is 12.8. The Morgan fingerprint density at radius 2 is 1.27 bits per heavy atom. The Balaban J connectivity index is 1.24. The van der Waals surface area contributed by atoms with Gasteiger partial charge < -0.3 is 0 Å². The molecular formula is C46H41N3. The molecule has 5 atom stereocenters. The molecule has 0 radical (unpaired) electrons. The summed E-state index contributed by atoms with van der Waals surface area (Å²) >= 11 is 0. The average molecular weight is 636 g/mol. The molecule has 0 amide bonds. The largest absolute Gasteiger partial charge is 0.278 e. The fourth-order valence-electron chi connectivity index (χ4n) is 10.2. The van der Waals surface area contributed by atoms with Crippen molar-refractivity contribution in [3.8, 4) is 17.2 Å². The van der Waals surface area contributed by atoms with Crippen LogP contribution in [0.4, 0.5) is 0 Å². The lowest BCUT2D eigenvalue weighted by Gasteiger charge is -2.38. The normalized spacial score (nSPS) is 24.0. The Hall–Kier alpha value is -5.02. The highest BCUT2D eigenvalue weighted by molar-refractivity contribution is 6.28. The van der Waals surface area contributed by atoms with Gasteiger partial charge in [-0.1, -0.05) is 124 Å². The molecule has 0 saturated heterocycles. The zero-order valence-corrected chi connectivity index (χ0v) is 28.5. The van der Waals surface area contributed by atoms with Crippen molar-refractivity contribution < 1.29 is 0 Å². The van der Waals surface area contributed by atoms with Crippen molar-refractivity contribution >= 4 is 54.3 Å². The number of fused-ring (bicyclic) bond motifs is 10. The summed E-state index contributed by atoms with van der Waals surface area (Å²) in [7, 11) is 0. The summed E-state index contributed by atoms with van der Waals surface area (Å²) < 4.78 is 2.31. The molecule has 3 heteroatoms. The fourth-order valence-corrected chi connectivity index (χ4v) is 10.2. The van der Waals surface area contributed by atoms with Crippen LogP contribution in [0.2, 0.25) is 0 Å². The lowest BCUT2D eigenvalue weighted by molar-refractivity contribution is 0.219. The van der Waals surface area contributed by atoms with Gasteiger partial charge in [0.25, 0.3) is 0 Å². The smallest absolute Gasteiger partial charge is 0.235 e. The minimum absolute atomic E-state index is 0.219. The molecule has 2 aromatic heterocycles. The second kappa shape index (κ2) is 10.7. The quantitative estimate of drug-likeness (QED) is 0.193. The van der Waals surface area contributed by atoms with Gasteiger partial charge in [0.2, 0.25) is 5.95 Å². The van der Waals surface area contributed by atoms with Crippen molar-refractivity contribution in [1.82, 2.24) is 14.5 Å². The van der Waals surface area contributed by atoms with Gasteiger partial charge in [-0.2, -0.15) is 0 Å². The monoisotopic (exact) mass is 635 g/mol. The third-order valence-electron chi connectivity index (χ3n) is 12.8. The predicted molar refractivity (Wildman–Crippen MR) is 205 cm³/mol. The lowest BCUT2D eigenvalue weighted by atomic mass is 9.66. The van der Waals surface area contributed by atoms with Crippen LogP contribution in [0.3, 0.4) is 0 Å². The molecular weight excluding hydrogens is 595 g/mol. The van der Waals surface area contributed by atoms with Gasteiger partial charge in [-0.05, 0) is 99.7 Å². The second-order valence-electron chi connectivity index (χ2n) is 15.3. The highest BCUT2D eigenvalue weighted by Crippen LogP contribution is 2.58. The fraction of sp³-hybridized carbons (Fsp3) is 0.261. The number of nitrogens with zero attached hydrogens (tertiary/aromatic N) is 3. The molecule has 3 nitrogen and oxygen atoms in total. The van der Waals surface area contributed by atoms with Crippen LogP contribution < -0.4 is 0 Å². The van der Waals surface area contributed by atoms with E-state index in [-0.39, 0.29) is 5.41 Å². The first-order chi connectivity index (χ1) is 24.0. The van der Waals surface area contributed by atoms with Crippen molar-refractivity contribution in [2.45, 2.75) is 51.9 Å². The minimum Gasteiger partial charge on any atom is -0.278 e. The number of para-hydroxylation sites is 1. The van der Waals surface area contributed by atoms with Crippen LogP contribution in [0.25, 0.3) is 71.5 Å². The van der Waals surface area contributed by atoms with E-state index in [4.69, 9.17) is 9.97 Å². The summed E-state index contributed by atoms with van der Waals surface area (Å²) in [6.07, 6.45) is 5.31. The summed E-state index contributed by atoms with van der Waals surface area (Å²) in [5.74, 6) is 3.70. The van der Waals surface area contributed by atoms with Crippen LogP contribution in [0.1, 0.15) is 52.0 Å². The standard InChI is InChI=1S/C46H41N3/c1-28-19-20-34-27-46(26-28,30(3)29(34)2)35-14-10-13-33(25-35)44-38-17-8-9-18-39(38)47-45(48-44)49-40-23-21-31-11-4-6-15-36(31)42(40)43-37-16-7-5-12-32(37)22-24-41(43)49/h4-18,21-25,28-30,34H,19-20,26-27H2,1-3H3/t28-,29+,30+,34?,46?/m1/s1. The van der Waals surface area contributed by atoms with E-state index in [2.05, 4.69) is 147 Å². The molecule has 0 aliphatic heterocycles. The van der Waals surface area contributed by atoms with E-state index in [0.29, 0.717) is 11.9 Å². The molecule has 2 aliphatic rings. The molecule has 2 bridgehead atoms. The van der Waals surface area contributed by atoms with Crippen LogP contribution in [-0.4, -0.2) is 14.5 Å². The van der Waals surface area contributed by atoms with Gasteiger partial charge >= 0.3 is 0 Å². The van der Waals surface area contributed by atoms with Gasteiger partial charge in [0.15, 0.2) is 0 Å². The molecule has 0 spiro atoms. The van der Waals surface area contributed by atoms with Crippen LogP contribution in [0.5, 0.6) is 0 Å². The Kier molecular flexibility index (Phi) is 6.34. The number of hydrogen-bond acceptors (Lipinski definition) is 2. The molecule has 6 aromatic carbocycles. The molecule has 2 aliphatic carbocycles. The highest BCUT2D eigenvalue weighted by Gasteiger charge is 2.52. The van der Waals surface area contributed by atoms with Crippen molar-refractivity contribution in [1.29, 1.82) is 0 Å². The molecule has 240 valence electrons. The Morgan fingerprint density at radius 1 is 0.612 bits per heavy atom. The SMILES string of the molecule is C[C@@H]1CCC2CC(c3cccc(-c4nc(-n5c6ccc7ccccc7c6c6c7ccccc7ccc65)nc5ccccc45)c3)(C1)[C@@H](C)[C@@H]2C. The molecule has 2 heterocycles. The van der Waals surface area contributed by atoms with Crippen LogP contribution in [-0.2, 0) is 5.41 Å². The summed E-state index contributed by atoms with van der Waals surface area (Å²) in [4.78, 5) is 10.8. The third kappa shape index (κ3) is 4.21. The summed E-state index contributed by atoms with van der Waals surface area (Å²) in [5, 5.41) is 8.59. The van der Waals surface area contributed by atoms with Crippen molar-refractivity contribution in [3.05, 3.63) is 127 Å². The van der Waals surface area contributed by atoms with Crippen molar-refractivity contribution in [2.75, 3.05) is 0 Å². The van der Waals surface area contributed by atoms with Crippen LogP contribution >= 0.6 is 0 Å². The van der Waals surface area contributed by atoms with E-state index in [0.717, 1.165) is 45.4 Å². The lowest BCUT2D eigenvalue weighted by Crippen LogP contribution is -2.33. The van der Waals surface area contributed by atoms with Crippen molar-refractivity contribution in [2.24, 2.45) is 23.7 Å². The highest BCUT2D eigenvalue weighted by atomic mass is 15.2. The van der Waals surface area contributed by atoms with E-state index >= 15 is 0 Å².